The molecule has 3 aromatic rings. The van der Waals surface area contributed by atoms with Crippen molar-refractivity contribution in [3.8, 4) is 0 Å². The molecule has 1 aliphatic carbocycles. The van der Waals surface area contributed by atoms with Gasteiger partial charge in [-0.25, -0.2) is 0 Å². The molecule has 0 bridgehead atoms. The Hall–Kier alpha value is -3.08. The van der Waals surface area contributed by atoms with Gasteiger partial charge in [-0.3, -0.25) is 9.59 Å². The van der Waals surface area contributed by atoms with Crippen LogP contribution in [-0.4, -0.2) is 16.8 Å². The zero-order valence-electron chi connectivity index (χ0n) is 17.3. The van der Waals surface area contributed by atoms with Gasteiger partial charge in [-0.2, -0.15) is 0 Å². The van der Waals surface area contributed by atoms with Gasteiger partial charge in [-0.1, -0.05) is 39.0 Å². The van der Waals surface area contributed by atoms with Crippen LogP contribution in [0.25, 0.3) is 10.9 Å². The van der Waals surface area contributed by atoms with Gasteiger partial charge in [0.2, 0.25) is 5.91 Å². The molecule has 29 heavy (non-hydrogen) atoms. The van der Waals surface area contributed by atoms with Gasteiger partial charge in [-0.05, 0) is 60.6 Å². The minimum absolute atomic E-state index is 0.0458. The first-order valence-corrected chi connectivity index (χ1v) is 10.1. The molecule has 0 spiro atoms. The van der Waals surface area contributed by atoms with Crippen LogP contribution in [0.1, 0.15) is 55.2 Å². The van der Waals surface area contributed by atoms with Gasteiger partial charge in [0.1, 0.15) is 5.69 Å². The molecule has 0 atom stereocenters. The molecule has 150 valence electrons. The van der Waals surface area contributed by atoms with Gasteiger partial charge in [0.25, 0.3) is 5.91 Å². The summed E-state index contributed by atoms with van der Waals surface area (Å²) in [5.41, 5.74) is 5.06. The van der Waals surface area contributed by atoms with E-state index in [2.05, 4.69) is 48.5 Å². The molecule has 1 saturated carbocycles. The Balaban J connectivity index is 1.55. The second kappa shape index (κ2) is 7.07. The van der Waals surface area contributed by atoms with E-state index in [4.69, 9.17) is 0 Å². The molecule has 1 fully saturated rings. The fraction of sp³-hybridized carbons (Fsp3) is 0.333. The number of rotatable bonds is 4. The van der Waals surface area contributed by atoms with E-state index in [1.165, 1.54) is 5.56 Å². The van der Waals surface area contributed by atoms with E-state index in [0.717, 1.165) is 29.3 Å². The molecule has 0 saturated heterocycles. The van der Waals surface area contributed by atoms with Crippen molar-refractivity contribution in [3.63, 3.8) is 0 Å². The molecule has 1 heterocycles. The molecular weight excluding hydrogens is 362 g/mol. The first kappa shape index (κ1) is 19.2. The van der Waals surface area contributed by atoms with E-state index < -0.39 is 0 Å². The van der Waals surface area contributed by atoms with Crippen molar-refractivity contribution in [2.45, 2.75) is 46.0 Å². The van der Waals surface area contributed by atoms with E-state index in [9.17, 15) is 9.59 Å². The maximum Gasteiger partial charge on any atom is 0.272 e. The molecule has 0 unspecified atom stereocenters. The Bertz CT molecular complexity index is 1100. The van der Waals surface area contributed by atoms with Gasteiger partial charge < -0.3 is 15.6 Å². The van der Waals surface area contributed by atoms with E-state index in [1.54, 1.807) is 0 Å². The number of aromatic amines is 1. The van der Waals surface area contributed by atoms with Crippen molar-refractivity contribution in [2.75, 3.05) is 10.6 Å². The number of H-pyrrole nitrogens is 1. The molecule has 2 amide bonds. The number of carbonyl (C=O) groups is 2. The summed E-state index contributed by atoms with van der Waals surface area (Å²) in [6.45, 7) is 8.44. The highest BCUT2D eigenvalue weighted by molar-refractivity contribution is 6.06. The third-order valence-corrected chi connectivity index (χ3v) is 5.43. The predicted molar refractivity (Wildman–Crippen MR) is 117 cm³/mol. The normalized spacial score (nSPS) is 14.1. The molecular formula is C24H27N3O2. The number of amides is 2. The Labute approximate surface area is 170 Å². The number of nitrogens with one attached hydrogen (secondary N) is 3. The standard InChI is InChI=1S/C24H27N3O2/c1-14-5-10-18(25-22(28)15-6-7-15)13-19(14)27-23(29)21-11-16-8-9-17(24(2,3)4)12-20(16)26-21/h5,8-13,15,26H,6-7H2,1-4H3,(H,25,28)(H,27,29). The van der Waals surface area contributed by atoms with Crippen LogP contribution in [0.5, 0.6) is 0 Å². The smallest absolute Gasteiger partial charge is 0.272 e. The zero-order valence-corrected chi connectivity index (χ0v) is 17.3. The fourth-order valence-electron chi connectivity index (χ4n) is 3.33. The van der Waals surface area contributed by atoms with E-state index in [-0.39, 0.29) is 23.1 Å². The van der Waals surface area contributed by atoms with Gasteiger partial charge >= 0.3 is 0 Å². The topological polar surface area (TPSA) is 74.0 Å². The summed E-state index contributed by atoms with van der Waals surface area (Å²) in [7, 11) is 0. The third kappa shape index (κ3) is 4.19. The molecule has 3 N–H and O–H groups in total. The highest BCUT2D eigenvalue weighted by atomic mass is 16.2. The van der Waals surface area contributed by atoms with Gasteiger partial charge in [0.15, 0.2) is 0 Å². The number of fused-ring (bicyclic) bond motifs is 1. The van der Waals surface area contributed by atoms with Crippen molar-refractivity contribution in [3.05, 3.63) is 59.3 Å². The Kier molecular flexibility index (Phi) is 4.69. The summed E-state index contributed by atoms with van der Waals surface area (Å²) in [6, 6.07) is 13.7. The molecule has 4 rings (SSSR count). The quantitative estimate of drug-likeness (QED) is 0.561. The number of hydrogen-bond acceptors (Lipinski definition) is 2. The molecule has 2 aromatic carbocycles. The zero-order chi connectivity index (χ0) is 20.8. The number of hydrogen-bond donors (Lipinski definition) is 3. The summed E-state index contributed by atoms with van der Waals surface area (Å²) in [4.78, 5) is 28.1. The summed E-state index contributed by atoms with van der Waals surface area (Å²) >= 11 is 0. The van der Waals surface area contributed by atoms with Crippen LogP contribution in [0.15, 0.2) is 42.5 Å². The lowest BCUT2D eigenvalue weighted by Gasteiger charge is -2.18. The average Bonchev–Trinajstić information content (AvgIpc) is 3.42. The molecule has 0 radical (unpaired) electrons. The first-order chi connectivity index (χ1) is 13.7. The van der Waals surface area contributed by atoms with Crippen LogP contribution in [0, 0.1) is 12.8 Å². The monoisotopic (exact) mass is 389 g/mol. The summed E-state index contributed by atoms with van der Waals surface area (Å²) in [5.74, 6) is -0.0117. The number of carbonyl (C=O) groups excluding carboxylic acids is 2. The molecule has 5 nitrogen and oxygen atoms in total. The summed E-state index contributed by atoms with van der Waals surface area (Å²) in [6.07, 6.45) is 1.91. The second-order valence-electron chi connectivity index (χ2n) is 8.98. The largest absolute Gasteiger partial charge is 0.351 e. The van der Waals surface area contributed by atoms with Gasteiger partial charge in [0, 0.05) is 28.2 Å². The number of aromatic nitrogens is 1. The van der Waals surface area contributed by atoms with E-state index >= 15 is 0 Å². The van der Waals surface area contributed by atoms with Crippen LogP contribution >= 0.6 is 0 Å². The Morgan fingerprint density at radius 3 is 2.45 bits per heavy atom. The van der Waals surface area contributed by atoms with Gasteiger partial charge in [-0.15, -0.1) is 0 Å². The summed E-state index contributed by atoms with van der Waals surface area (Å²) < 4.78 is 0. The first-order valence-electron chi connectivity index (χ1n) is 10.1. The fourth-order valence-corrected chi connectivity index (χ4v) is 3.33. The number of aryl methyl sites for hydroxylation is 1. The van der Waals surface area contributed by atoms with Crippen LogP contribution in [-0.2, 0) is 10.2 Å². The Morgan fingerprint density at radius 1 is 1.00 bits per heavy atom. The SMILES string of the molecule is Cc1ccc(NC(=O)C2CC2)cc1NC(=O)c1cc2ccc(C(C)(C)C)cc2[nH]1. The van der Waals surface area contributed by atoms with Crippen molar-refractivity contribution in [1.82, 2.24) is 4.98 Å². The molecule has 0 aliphatic heterocycles. The van der Waals surface area contributed by atoms with E-state index in [0.29, 0.717) is 17.1 Å². The van der Waals surface area contributed by atoms with Gasteiger partial charge in [0.05, 0.1) is 0 Å². The highest BCUT2D eigenvalue weighted by Gasteiger charge is 2.29. The lowest BCUT2D eigenvalue weighted by Crippen LogP contribution is -2.15. The minimum atomic E-state index is -0.202. The lowest BCUT2D eigenvalue weighted by atomic mass is 9.87. The molecule has 1 aliphatic rings. The minimum Gasteiger partial charge on any atom is -0.351 e. The average molecular weight is 389 g/mol. The maximum atomic E-state index is 12.8. The molecule has 1 aromatic heterocycles. The number of benzene rings is 2. The van der Waals surface area contributed by atoms with Crippen molar-refractivity contribution < 1.29 is 9.59 Å². The second-order valence-corrected chi connectivity index (χ2v) is 8.98. The lowest BCUT2D eigenvalue weighted by molar-refractivity contribution is -0.117. The van der Waals surface area contributed by atoms with Crippen LogP contribution < -0.4 is 10.6 Å². The van der Waals surface area contributed by atoms with Crippen LogP contribution in [0.2, 0.25) is 0 Å². The number of anilines is 2. The van der Waals surface area contributed by atoms with Crippen LogP contribution in [0.4, 0.5) is 11.4 Å². The van der Waals surface area contributed by atoms with E-state index in [1.807, 2.05) is 37.3 Å². The van der Waals surface area contributed by atoms with Crippen molar-refractivity contribution in [2.24, 2.45) is 5.92 Å². The molecule has 5 heteroatoms. The third-order valence-electron chi connectivity index (χ3n) is 5.43. The maximum absolute atomic E-state index is 12.8. The van der Waals surface area contributed by atoms with Crippen molar-refractivity contribution >= 4 is 34.1 Å². The predicted octanol–water partition coefficient (Wildman–Crippen LogP) is 5.37. The van der Waals surface area contributed by atoms with Crippen molar-refractivity contribution in [1.29, 1.82) is 0 Å². The summed E-state index contributed by atoms with van der Waals surface area (Å²) in [5, 5.41) is 6.90. The Morgan fingerprint density at radius 2 is 1.76 bits per heavy atom. The highest BCUT2D eigenvalue weighted by Crippen LogP contribution is 2.31. The van der Waals surface area contributed by atoms with Crippen LogP contribution in [0.3, 0.4) is 0 Å².